The lowest BCUT2D eigenvalue weighted by Crippen LogP contribution is -2.41. The molecule has 0 aromatic rings. The molecule has 2 bridgehead atoms. The van der Waals surface area contributed by atoms with Gasteiger partial charge in [-0.1, -0.05) is 18.3 Å². The normalized spacial score (nSPS) is 39.7. The van der Waals surface area contributed by atoms with Gasteiger partial charge in [0.1, 0.15) is 17.5 Å². The molecule has 3 rings (SSSR count). The number of carbonyl (C=O) groups excluding carboxylic acids is 2. The van der Waals surface area contributed by atoms with E-state index in [4.69, 9.17) is 8.92 Å². The molecule has 110 valence electrons. The third kappa shape index (κ3) is 2.30. The topological polar surface area (TPSA) is 86.7 Å². The summed E-state index contributed by atoms with van der Waals surface area (Å²) >= 11 is 2.33. The first-order chi connectivity index (χ1) is 9.42. The van der Waals surface area contributed by atoms with Crippen LogP contribution in [0.25, 0.3) is 0 Å². The van der Waals surface area contributed by atoms with E-state index in [9.17, 15) is 18.0 Å². The SMILES string of the molecule is C=CC(=O)SCC(=O)OC1C2CC3C(S2)C1OS3(=O)=O. The quantitative estimate of drug-likeness (QED) is 0.412. The molecular weight excluding hydrogens is 324 g/mol. The minimum absolute atomic E-state index is 0.0312. The van der Waals surface area contributed by atoms with Gasteiger partial charge in [-0.3, -0.25) is 13.8 Å². The van der Waals surface area contributed by atoms with E-state index < -0.39 is 33.5 Å². The van der Waals surface area contributed by atoms with Gasteiger partial charge in [0.15, 0.2) is 0 Å². The summed E-state index contributed by atoms with van der Waals surface area (Å²) < 4.78 is 33.8. The zero-order valence-corrected chi connectivity index (χ0v) is 12.7. The molecule has 9 heteroatoms. The maximum absolute atomic E-state index is 11.7. The molecule has 3 saturated heterocycles. The van der Waals surface area contributed by atoms with Crippen LogP contribution in [-0.2, 0) is 28.6 Å². The van der Waals surface area contributed by atoms with Gasteiger partial charge in [0.25, 0.3) is 10.1 Å². The van der Waals surface area contributed by atoms with Crippen molar-refractivity contribution >= 4 is 44.7 Å². The van der Waals surface area contributed by atoms with Crippen molar-refractivity contribution in [3.63, 3.8) is 0 Å². The fraction of sp³-hybridized carbons (Fsp3) is 0.636. The first-order valence-corrected chi connectivity index (χ1v) is 9.38. The van der Waals surface area contributed by atoms with Crippen LogP contribution in [-0.4, -0.2) is 53.2 Å². The second-order valence-electron chi connectivity index (χ2n) is 4.73. The summed E-state index contributed by atoms with van der Waals surface area (Å²) in [5.41, 5.74) is 0. The van der Waals surface area contributed by atoms with Crippen LogP contribution < -0.4 is 0 Å². The molecule has 3 aliphatic heterocycles. The smallest absolute Gasteiger partial charge is 0.316 e. The molecule has 0 amide bonds. The summed E-state index contributed by atoms with van der Waals surface area (Å²) in [7, 11) is -3.51. The van der Waals surface area contributed by atoms with E-state index >= 15 is 0 Å². The Hall–Kier alpha value is -0.510. The van der Waals surface area contributed by atoms with Crippen molar-refractivity contribution in [3.8, 4) is 0 Å². The average Bonchev–Trinajstić information content (AvgIpc) is 3.00. The van der Waals surface area contributed by atoms with Crippen LogP contribution in [0.2, 0.25) is 0 Å². The van der Waals surface area contributed by atoms with Crippen molar-refractivity contribution in [1.29, 1.82) is 0 Å². The summed E-state index contributed by atoms with van der Waals surface area (Å²) in [6.45, 7) is 3.31. The highest BCUT2D eigenvalue weighted by Gasteiger charge is 2.66. The first-order valence-electron chi connectivity index (χ1n) is 5.98. The molecule has 3 heterocycles. The van der Waals surface area contributed by atoms with Crippen molar-refractivity contribution in [2.45, 2.75) is 34.4 Å². The molecule has 0 aromatic heterocycles. The van der Waals surface area contributed by atoms with Gasteiger partial charge >= 0.3 is 5.97 Å². The molecule has 3 fully saturated rings. The highest BCUT2D eigenvalue weighted by molar-refractivity contribution is 8.14. The van der Waals surface area contributed by atoms with Gasteiger partial charge in [0.2, 0.25) is 5.12 Å². The molecule has 5 unspecified atom stereocenters. The number of esters is 1. The van der Waals surface area contributed by atoms with Gasteiger partial charge < -0.3 is 4.74 Å². The lowest BCUT2D eigenvalue weighted by molar-refractivity contribution is -0.150. The van der Waals surface area contributed by atoms with Crippen LogP contribution in [0.5, 0.6) is 0 Å². The number of ether oxygens (including phenoxy) is 1. The third-order valence-corrected chi connectivity index (χ3v) is 8.00. The van der Waals surface area contributed by atoms with Crippen molar-refractivity contribution in [1.82, 2.24) is 0 Å². The van der Waals surface area contributed by atoms with E-state index in [0.717, 1.165) is 17.8 Å². The minimum Gasteiger partial charge on any atom is -0.458 e. The zero-order chi connectivity index (χ0) is 14.5. The van der Waals surface area contributed by atoms with Gasteiger partial charge in [-0.15, -0.1) is 11.8 Å². The Kier molecular flexibility index (Phi) is 3.64. The van der Waals surface area contributed by atoms with Crippen LogP contribution >= 0.6 is 23.5 Å². The highest BCUT2D eigenvalue weighted by atomic mass is 32.2. The van der Waals surface area contributed by atoms with E-state index in [1.807, 2.05) is 0 Å². The Balaban J connectivity index is 1.62. The van der Waals surface area contributed by atoms with Crippen molar-refractivity contribution in [2.75, 3.05) is 5.75 Å². The largest absolute Gasteiger partial charge is 0.458 e. The monoisotopic (exact) mass is 336 g/mol. The predicted octanol–water partition coefficient (Wildman–Crippen LogP) is 0.329. The lowest BCUT2D eigenvalue weighted by Gasteiger charge is -2.23. The van der Waals surface area contributed by atoms with Gasteiger partial charge in [-0.25, -0.2) is 0 Å². The van der Waals surface area contributed by atoms with Crippen molar-refractivity contribution in [3.05, 3.63) is 12.7 Å². The van der Waals surface area contributed by atoms with Crippen LogP contribution in [0.3, 0.4) is 0 Å². The number of thioether (sulfide) groups is 2. The Morgan fingerprint density at radius 1 is 1.50 bits per heavy atom. The Labute approximate surface area is 124 Å². The maximum Gasteiger partial charge on any atom is 0.316 e. The van der Waals surface area contributed by atoms with Crippen LogP contribution in [0.1, 0.15) is 6.42 Å². The van der Waals surface area contributed by atoms with Crippen molar-refractivity contribution < 1.29 is 26.9 Å². The number of hydrogen-bond acceptors (Lipinski definition) is 8. The van der Waals surface area contributed by atoms with E-state index in [-0.39, 0.29) is 21.4 Å². The summed E-state index contributed by atoms with van der Waals surface area (Å²) in [6, 6.07) is 0. The van der Waals surface area contributed by atoms with E-state index in [0.29, 0.717) is 6.42 Å². The van der Waals surface area contributed by atoms with Crippen molar-refractivity contribution in [2.24, 2.45) is 0 Å². The minimum atomic E-state index is -3.51. The zero-order valence-electron chi connectivity index (χ0n) is 10.3. The molecule has 3 aliphatic rings. The molecule has 0 spiro atoms. The van der Waals surface area contributed by atoms with Gasteiger partial charge in [-0.05, 0) is 12.5 Å². The first kappa shape index (κ1) is 14.4. The van der Waals surface area contributed by atoms with E-state index in [2.05, 4.69) is 6.58 Å². The Morgan fingerprint density at radius 3 is 2.95 bits per heavy atom. The fourth-order valence-corrected chi connectivity index (χ4v) is 7.33. The number of fused-ring (bicyclic) bond motifs is 1. The molecule has 0 N–H and O–H groups in total. The standard InChI is InChI=1S/C11H12O6S3/c1-2-8(13)18-4-7(12)16-9-5-3-6-11(19-5)10(9)17-20(6,14)15/h2,5-6,9-11H,1,3-4H2. The van der Waals surface area contributed by atoms with E-state index in [1.165, 1.54) is 11.8 Å². The van der Waals surface area contributed by atoms with Gasteiger partial charge in [0.05, 0.1) is 11.0 Å². The fourth-order valence-electron chi connectivity index (χ4n) is 2.74. The molecule has 6 nitrogen and oxygen atoms in total. The van der Waals surface area contributed by atoms with Crippen LogP contribution in [0.4, 0.5) is 0 Å². The molecule has 5 atom stereocenters. The number of carbonyl (C=O) groups is 2. The maximum atomic E-state index is 11.7. The number of hydrogen-bond donors (Lipinski definition) is 0. The second-order valence-corrected chi connectivity index (χ2v) is 8.92. The summed E-state index contributed by atoms with van der Waals surface area (Å²) in [4.78, 5) is 22.7. The summed E-state index contributed by atoms with van der Waals surface area (Å²) in [5, 5.41) is -0.931. The van der Waals surface area contributed by atoms with Gasteiger partial charge in [0, 0.05) is 5.25 Å². The molecular formula is C11H12O6S3. The average molecular weight is 336 g/mol. The summed E-state index contributed by atoms with van der Waals surface area (Å²) in [6.07, 6.45) is 0.483. The number of rotatable bonds is 4. The van der Waals surface area contributed by atoms with Crippen LogP contribution in [0.15, 0.2) is 12.7 Å². The molecule has 0 aliphatic carbocycles. The van der Waals surface area contributed by atoms with E-state index in [1.54, 1.807) is 0 Å². The van der Waals surface area contributed by atoms with Crippen LogP contribution in [0, 0.1) is 0 Å². The highest BCUT2D eigenvalue weighted by Crippen LogP contribution is 2.55. The molecule has 0 aromatic carbocycles. The summed E-state index contributed by atoms with van der Waals surface area (Å²) in [5.74, 6) is -0.639. The third-order valence-electron chi connectivity index (χ3n) is 3.56. The van der Waals surface area contributed by atoms with Gasteiger partial charge in [-0.2, -0.15) is 8.42 Å². The second kappa shape index (κ2) is 5.04. The predicted molar refractivity (Wildman–Crippen MR) is 74.9 cm³/mol. The lowest BCUT2D eigenvalue weighted by atomic mass is 9.94. The molecule has 0 saturated carbocycles. The molecule has 0 radical (unpaired) electrons. The molecule has 20 heavy (non-hydrogen) atoms. The Morgan fingerprint density at radius 2 is 2.25 bits per heavy atom. The Bertz CT molecular complexity index is 571.